The molecule has 104 valence electrons. The molecule has 4 nitrogen and oxygen atoms in total. The van der Waals surface area contributed by atoms with E-state index in [-0.39, 0.29) is 12.5 Å². The zero-order valence-corrected chi connectivity index (χ0v) is 11.5. The van der Waals surface area contributed by atoms with E-state index in [0.29, 0.717) is 6.54 Å². The normalized spacial score (nSPS) is 10.1. The molecular weight excluding hydrogens is 250 g/mol. The fraction of sp³-hybridized carbons (Fsp3) is 0.188. The molecule has 0 unspecified atom stereocenters. The SMILES string of the molecule is CN(CC(=O)Nc1ccccc1)c1ccccc1CN. The number of carbonyl (C=O) groups excluding carboxylic acids is 1. The quantitative estimate of drug-likeness (QED) is 0.875. The predicted octanol–water partition coefficient (Wildman–Crippen LogP) is 2.22. The molecule has 0 aliphatic rings. The fourth-order valence-electron chi connectivity index (χ4n) is 2.08. The second-order valence-corrected chi connectivity index (χ2v) is 4.60. The number of likely N-dealkylation sites (N-methyl/N-ethyl adjacent to an activating group) is 1. The zero-order chi connectivity index (χ0) is 14.4. The molecule has 0 aromatic heterocycles. The van der Waals surface area contributed by atoms with Gasteiger partial charge in [-0.1, -0.05) is 36.4 Å². The lowest BCUT2D eigenvalue weighted by Crippen LogP contribution is -2.30. The molecule has 2 aromatic rings. The lowest BCUT2D eigenvalue weighted by molar-refractivity contribution is -0.114. The van der Waals surface area contributed by atoms with Crippen LogP contribution < -0.4 is 16.0 Å². The minimum Gasteiger partial charge on any atom is -0.365 e. The number of nitrogens with zero attached hydrogens (tertiary/aromatic N) is 1. The largest absolute Gasteiger partial charge is 0.365 e. The molecule has 0 bridgehead atoms. The highest BCUT2D eigenvalue weighted by atomic mass is 16.2. The minimum atomic E-state index is -0.0504. The first-order chi connectivity index (χ1) is 9.70. The van der Waals surface area contributed by atoms with Gasteiger partial charge in [-0.15, -0.1) is 0 Å². The molecule has 0 radical (unpaired) electrons. The summed E-state index contributed by atoms with van der Waals surface area (Å²) < 4.78 is 0. The van der Waals surface area contributed by atoms with Crippen molar-refractivity contribution < 1.29 is 4.79 Å². The molecular formula is C16H19N3O. The van der Waals surface area contributed by atoms with Gasteiger partial charge < -0.3 is 16.0 Å². The van der Waals surface area contributed by atoms with Gasteiger partial charge >= 0.3 is 0 Å². The molecule has 0 atom stereocenters. The summed E-state index contributed by atoms with van der Waals surface area (Å²) in [5.74, 6) is -0.0504. The number of rotatable bonds is 5. The third-order valence-corrected chi connectivity index (χ3v) is 3.06. The summed E-state index contributed by atoms with van der Waals surface area (Å²) in [6.07, 6.45) is 0. The van der Waals surface area contributed by atoms with E-state index >= 15 is 0 Å². The Hall–Kier alpha value is -2.33. The highest BCUT2D eigenvalue weighted by molar-refractivity contribution is 5.94. The number of para-hydroxylation sites is 2. The van der Waals surface area contributed by atoms with Crippen molar-refractivity contribution in [1.29, 1.82) is 0 Å². The third-order valence-electron chi connectivity index (χ3n) is 3.06. The summed E-state index contributed by atoms with van der Waals surface area (Å²) in [7, 11) is 1.89. The second kappa shape index (κ2) is 6.73. The van der Waals surface area contributed by atoms with Gasteiger partial charge in [0.2, 0.25) is 5.91 Å². The summed E-state index contributed by atoms with van der Waals surface area (Å²) in [6.45, 7) is 0.743. The zero-order valence-electron chi connectivity index (χ0n) is 11.5. The molecule has 0 spiro atoms. The number of hydrogen-bond acceptors (Lipinski definition) is 3. The van der Waals surface area contributed by atoms with Crippen LogP contribution in [-0.4, -0.2) is 19.5 Å². The van der Waals surface area contributed by atoms with Crippen molar-refractivity contribution in [2.45, 2.75) is 6.54 Å². The second-order valence-electron chi connectivity index (χ2n) is 4.60. The number of amides is 1. The van der Waals surface area contributed by atoms with Crippen LogP contribution in [0.4, 0.5) is 11.4 Å². The lowest BCUT2D eigenvalue weighted by Gasteiger charge is -2.21. The van der Waals surface area contributed by atoms with E-state index < -0.39 is 0 Å². The van der Waals surface area contributed by atoms with E-state index in [1.807, 2.05) is 66.5 Å². The van der Waals surface area contributed by atoms with E-state index in [2.05, 4.69) is 5.32 Å². The summed E-state index contributed by atoms with van der Waals surface area (Å²) in [4.78, 5) is 13.9. The smallest absolute Gasteiger partial charge is 0.243 e. The van der Waals surface area contributed by atoms with Crippen molar-refractivity contribution in [3.05, 3.63) is 60.2 Å². The number of carbonyl (C=O) groups is 1. The van der Waals surface area contributed by atoms with Gasteiger partial charge in [0.1, 0.15) is 0 Å². The van der Waals surface area contributed by atoms with Gasteiger partial charge in [-0.25, -0.2) is 0 Å². The van der Waals surface area contributed by atoms with Crippen LogP contribution in [0.1, 0.15) is 5.56 Å². The predicted molar refractivity (Wildman–Crippen MR) is 82.7 cm³/mol. The average Bonchev–Trinajstić information content (AvgIpc) is 2.48. The Bertz CT molecular complexity index is 569. The van der Waals surface area contributed by atoms with E-state index in [9.17, 15) is 4.79 Å². The molecule has 0 fully saturated rings. The molecule has 2 rings (SSSR count). The monoisotopic (exact) mass is 269 g/mol. The van der Waals surface area contributed by atoms with Crippen molar-refractivity contribution in [3.8, 4) is 0 Å². The Morgan fingerprint density at radius 1 is 1.10 bits per heavy atom. The van der Waals surface area contributed by atoms with E-state index in [0.717, 1.165) is 16.9 Å². The van der Waals surface area contributed by atoms with Gasteiger partial charge in [-0.2, -0.15) is 0 Å². The number of nitrogens with one attached hydrogen (secondary N) is 1. The lowest BCUT2D eigenvalue weighted by atomic mass is 10.1. The average molecular weight is 269 g/mol. The Labute approximate surface area is 119 Å². The molecule has 2 aromatic carbocycles. The van der Waals surface area contributed by atoms with Crippen LogP contribution in [0.15, 0.2) is 54.6 Å². The van der Waals surface area contributed by atoms with E-state index in [1.165, 1.54) is 0 Å². The standard InChI is InChI=1S/C16H19N3O/c1-19(15-10-6-5-7-13(15)11-17)12-16(20)18-14-8-3-2-4-9-14/h2-10H,11-12,17H2,1H3,(H,18,20). The van der Waals surface area contributed by atoms with Crippen LogP contribution in [0.2, 0.25) is 0 Å². The Balaban J connectivity index is 2.00. The molecule has 3 N–H and O–H groups in total. The van der Waals surface area contributed by atoms with Crippen LogP contribution in [0.25, 0.3) is 0 Å². The van der Waals surface area contributed by atoms with Crippen molar-refractivity contribution >= 4 is 17.3 Å². The van der Waals surface area contributed by atoms with Crippen LogP contribution in [0.5, 0.6) is 0 Å². The molecule has 0 heterocycles. The number of nitrogens with two attached hydrogens (primary N) is 1. The van der Waals surface area contributed by atoms with Crippen molar-refractivity contribution in [2.75, 3.05) is 23.8 Å². The number of hydrogen-bond donors (Lipinski definition) is 2. The van der Waals surface area contributed by atoms with Crippen LogP contribution in [0, 0.1) is 0 Å². The molecule has 4 heteroatoms. The van der Waals surface area contributed by atoms with Crippen molar-refractivity contribution in [1.82, 2.24) is 0 Å². The Morgan fingerprint density at radius 3 is 2.45 bits per heavy atom. The van der Waals surface area contributed by atoms with Gasteiger partial charge in [0.05, 0.1) is 6.54 Å². The summed E-state index contributed by atoms with van der Waals surface area (Å²) in [6, 6.07) is 17.3. The molecule has 0 aliphatic carbocycles. The van der Waals surface area contributed by atoms with Gasteiger partial charge in [-0.3, -0.25) is 4.79 Å². The van der Waals surface area contributed by atoms with Crippen molar-refractivity contribution in [2.24, 2.45) is 5.73 Å². The van der Waals surface area contributed by atoms with Gasteiger partial charge in [0, 0.05) is 25.0 Å². The van der Waals surface area contributed by atoms with E-state index in [4.69, 9.17) is 5.73 Å². The highest BCUT2D eigenvalue weighted by Crippen LogP contribution is 2.18. The Kier molecular flexibility index (Phi) is 4.74. The molecule has 1 amide bonds. The fourth-order valence-corrected chi connectivity index (χ4v) is 2.08. The summed E-state index contributed by atoms with van der Waals surface area (Å²) in [5.41, 5.74) is 8.53. The maximum absolute atomic E-state index is 12.0. The molecule has 0 saturated carbocycles. The first-order valence-electron chi connectivity index (χ1n) is 6.54. The Morgan fingerprint density at radius 2 is 1.75 bits per heavy atom. The van der Waals surface area contributed by atoms with Crippen LogP contribution in [0.3, 0.4) is 0 Å². The van der Waals surface area contributed by atoms with Crippen LogP contribution in [-0.2, 0) is 11.3 Å². The highest BCUT2D eigenvalue weighted by Gasteiger charge is 2.10. The van der Waals surface area contributed by atoms with Gasteiger partial charge in [0.25, 0.3) is 0 Å². The van der Waals surface area contributed by atoms with Crippen LogP contribution >= 0.6 is 0 Å². The maximum atomic E-state index is 12.0. The third kappa shape index (κ3) is 3.59. The van der Waals surface area contributed by atoms with Crippen molar-refractivity contribution in [3.63, 3.8) is 0 Å². The number of benzene rings is 2. The summed E-state index contributed by atoms with van der Waals surface area (Å²) >= 11 is 0. The topological polar surface area (TPSA) is 58.4 Å². The number of anilines is 2. The maximum Gasteiger partial charge on any atom is 0.243 e. The van der Waals surface area contributed by atoms with Gasteiger partial charge in [-0.05, 0) is 23.8 Å². The minimum absolute atomic E-state index is 0.0504. The summed E-state index contributed by atoms with van der Waals surface area (Å²) in [5, 5.41) is 2.87. The molecule has 0 aliphatic heterocycles. The van der Waals surface area contributed by atoms with Gasteiger partial charge in [0.15, 0.2) is 0 Å². The molecule has 20 heavy (non-hydrogen) atoms. The first-order valence-corrected chi connectivity index (χ1v) is 6.54. The van der Waals surface area contributed by atoms with E-state index in [1.54, 1.807) is 0 Å². The molecule has 0 saturated heterocycles. The first kappa shape index (κ1) is 14.1.